The van der Waals surface area contributed by atoms with Crippen LogP contribution in [0.15, 0.2) is 77.5 Å². The Balaban J connectivity index is 1.61. The molecule has 0 aliphatic carbocycles. The Kier molecular flexibility index (Phi) is 3.90. The van der Waals surface area contributed by atoms with Crippen LogP contribution >= 0.6 is 22.9 Å². The molecule has 2 aromatic carbocycles. The molecule has 6 nitrogen and oxygen atoms in total. The lowest BCUT2D eigenvalue weighted by molar-refractivity contribution is 0.579. The number of hydrogen-bond acceptors (Lipinski definition) is 6. The van der Waals surface area contributed by atoms with E-state index in [-0.39, 0.29) is 0 Å². The van der Waals surface area contributed by atoms with E-state index >= 15 is 0 Å². The van der Waals surface area contributed by atoms with Crippen molar-refractivity contribution in [2.75, 3.05) is 0 Å². The van der Waals surface area contributed by atoms with E-state index in [4.69, 9.17) is 26.1 Å². The number of halogens is 1. The minimum Gasteiger partial charge on any atom is -0.463 e. The summed E-state index contributed by atoms with van der Waals surface area (Å²) in [7, 11) is 0. The van der Waals surface area contributed by atoms with Crippen LogP contribution in [-0.4, -0.2) is 25.0 Å². The standard InChI is InChI=1S/C22H12ClN5OS/c23-13-7-9-14(10-8-13)28-12-15-19(17-5-3-11-29-17)25-26-21(20(15)27-28)22-24-16-4-1-2-6-18(16)30-22/h1-12H. The van der Waals surface area contributed by atoms with E-state index < -0.39 is 0 Å². The molecule has 0 aliphatic rings. The van der Waals surface area contributed by atoms with Crippen LogP contribution in [0.3, 0.4) is 0 Å². The molecule has 8 heteroatoms. The smallest absolute Gasteiger partial charge is 0.154 e. The van der Waals surface area contributed by atoms with Crippen molar-refractivity contribution < 1.29 is 4.42 Å². The molecule has 30 heavy (non-hydrogen) atoms. The maximum absolute atomic E-state index is 6.05. The Morgan fingerprint density at radius 1 is 0.900 bits per heavy atom. The molecule has 4 heterocycles. The number of fused-ring (bicyclic) bond motifs is 2. The maximum Gasteiger partial charge on any atom is 0.154 e. The second-order valence-corrected chi connectivity index (χ2v) is 8.14. The highest BCUT2D eigenvalue weighted by Gasteiger charge is 2.20. The number of benzene rings is 2. The lowest BCUT2D eigenvalue weighted by atomic mass is 10.2. The fraction of sp³-hybridized carbons (Fsp3) is 0. The van der Waals surface area contributed by atoms with Crippen molar-refractivity contribution >= 4 is 44.1 Å². The second kappa shape index (κ2) is 6.76. The molecule has 0 amide bonds. The Bertz CT molecular complexity index is 1470. The summed E-state index contributed by atoms with van der Waals surface area (Å²) in [6, 6.07) is 19.2. The molecule has 0 aliphatic heterocycles. The molecule has 6 aromatic rings. The second-order valence-electron chi connectivity index (χ2n) is 6.67. The predicted molar refractivity (Wildman–Crippen MR) is 118 cm³/mol. The third-order valence-corrected chi connectivity index (χ3v) is 6.08. The average Bonchev–Trinajstić information content (AvgIpc) is 3.52. The van der Waals surface area contributed by atoms with Gasteiger partial charge in [0.1, 0.15) is 21.9 Å². The van der Waals surface area contributed by atoms with Crippen LogP contribution in [0.2, 0.25) is 5.02 Å². The first-order chi connectivity index (χ1) is 14.8. The van der Waals surface area contributed by atoms with Crippen LogP contribution in [0.5, 0.6) is 0 Å². The number of nitrogens with zero attached hydrogens (tertiary/aromatic N) is 5. The van der Waals surface area contributed by atoms with Gasteiger partial charge in [-0.1, -0.05) is 23.7 Å². The van der Waals surface area contributed by atoms with Crippen molar-refractivity contribution in [1.29, 1.82) is 0 Å². The zero-order valence-electron chi connectivity index (χ0n) is 15.4. The summed E-state index contributed by atoms with van der Waals surface area (Å²) in [4.78, 5) is 4.74. The Morgan fingerprint density at radius 2 is 1.73 bits per heavy atom. The molecule has 0 N–H and O–H groups in total. The molecule has 0 saturated heterocycles. The van der Waals surface area contributed by atoms with Crippen molar-refractivity contribution in [3.63, 3.8) is 0 Å². The SMILES string of the molecule is Clc1ccc(-n2cc3c(-c4ccco4)nnc(-c4nc5ccccc5s4)c3n2)cc1. The van der Waals surface area contributed by atoms with Gasteiger partial charge in [-0.15, -0.1) is 21.5 Å². The zero-order chi connectivity index (χ0) is 20.1. The first kappa shape index (κ1) is 17.3. The number of rotatable bonds is 3. The van der Waals surface area contributed by atoms with Crippen molar-refractivity contribution in [2.24, 2.45) is 0 Å². The number of para-hydroxylation sites is 1. The third kappa shape index (κ3) is 2.79. The Labute approximate surface area is 179 Å². The van der Waals surface area contributed by atoms with Gasteiger partial charge in [0.15, 0.2) is 5.76 Å². The van der Waals surface area contributed by atoms with Gasteiger partial charge in [0.05, 0.1) is 27.6 Å². The molecule has 0 fully saturated rings. The Hall–Kier alpha value is -3.55. The van der Waals surface area contributed by atoms with Crippen LogP contribution in [-0.2, 0) is 0 Å². The van der Waals surface area contributed by atoms with E-state index in [0.29, 0.717) is 27.7 Å². The average molecular weight is 430 g/mol. The molecular formula is C22H12ClN5OS. The molecule has 0 radical (unpaired) electrons. The van der Waals surface area contributed by atoms with Gasteiger partial charge in [-0.25, -0.2) is 9.67 Å². The van der Waals surface area contributed by atoms with E-state index in [1.807, 2.05) is 66.9 Å². The van der Waals surface area contributed by atoms with Crippen molar-refractivity contribution in [3.05, 3.63) is 78.1 Å². The zero-order valence-corrected chi connectivity index (χ0v) is 16.9. The predicted octanol–water partition coefficient (Wildman–Crippen LogP) is 6.01. The summed E-state index contributed by atoms with van der Waals surface area (Å²) in [6.45, 7) is 0. The highest BCUT2D eigenvalue weighted by Crippen LogP contribution is 2.35. The quantitative estimate of drug-likeness (QED) is 0.344. The third-order valence-electron chi connectivity index (χ3n) is 4.79. The fourth-order valence-corrected chi connectivity index (χ4v) is 4.44. The highest BCUT2D eigenvalue weighted by atomic mass is 35.5. The Morgan fingerprint density at radius 3 is 2.53 bits per heavy atom. The lowest BCUT2D eigenvalue weighted by Gasteiger charge is -2.00. The van der Waals surface area contributed by atoms with Gasteiger partial charge < -0.3 is 4.42 Å². The van der Waals surface area contributed by atoms with Crippen molar-refractivity contribution in [3.8, 4) is 27.8 Å². The highest BCUT2D eigenvalue weighted by molar-refractivity contribution is 7.21. The number of aromatic nitrogens is 5. The van der Waals surface area contributed by atoms with Crippen LogP contribution in [0.25, 0.3) is 49.0 Å². The molecule has 6 rings (SSSR count). The van der Waals surface area contributed by atoms with Gasteiger partial charge in [0, 0.05) is 11.2 Å². The minimum absolute atomic E-state index is 0.638. The summed E-state index contributed by atoms with van der Waals surface area (Å²) in [5.74, 6) is 0.638. The largest absolute Gasteiger partial charge is 0.463 e. The number of hydrogen-bond donors (Lipinski definition) is 0. The monoisotopic (exact) mass is 429 g/mol. The van der Waals surface area contributed by atoms with Gasteiger partial charge in [0.25, 0.3) is 0 Å². The van der Waals surface area contributed by atoms with E-state index in [9.17, 15) is 0 Å². The molecule has 0 bridgehead atoms. The summed E-state index contributed by atoms with van der Waals surface area (Å²) < 4.78 is 8.47. The molecule has 144 valence electrons. The van der Waals surface area contributed by atoms with Crippen LogP contribution in [0.4, 0.5) is 0 Å². The lowest BCUT2D eigenvalue weighted by Crippen LogP contribution is -1.95. The summed E-state index contributed by atoms with van der Waals surface area (Å²) >= 11 is 7.62. The van der Waals surface area contributed by atoms with Gasteiger partial charge in [-0.05, 0) is 48.5 Å². The normalized spacial score (nSPS) is 11.5. The van der Waals surface area contributed by atoms with Crippen molar-refractivity contribution in [2.45, 2.75) is 0 Å². The van der Waals surface area contributed by atoms with Crippen LogP contribution < -0.4 is 0 Å². The van der Waals surface area contributed by atoms with E-state index in [1.165, 1.54) is 0 Å². The van der Waals surface area contributed by atoms with E-state index in [1.54, 1.807) is 22.3 Å². The van der Waals surface area contributed by atoms with Gasteiger partial charge >= 0.3 is 0 Å². The summed E-state index contributed by atoms with van der Waals surface area (Å²) in [6.07, 6.45) is 3.55. The van der Waals surface area contributed by atoms with Gasteiger partial charge in [-0.2, -0.15) is 5.10 Å². The summed E-state index contributed by atoms with van der Waals surface area (Å²) in [5.41, 5.74) is 3.82. The minimum atomic E-state index is 0.638. The molecule has 4 aromatic heterocycles. The van der Waals surface area contributed by atoms with E-state index in [0.717, 1.165) is 26.3 Å². The van der Waals surface area contributed by atoms with Crippen LogP contribution in [0.1, 0.15) is 0 Å². The number of furan rings is 1. The van der Waals surface area contributed by atoms with Crippen LogP contribution in [0, 0.1) is 0 Å². The van der Waals surface area contributed by atoms with E-state index in [2.05, 4.69) is 10.2 Å². The number of thiazole rings is 1. The topological polar surface area (TPSA) is 69.6 Å². The molecule has 0 atom stereocenters. The van der Waals surface area contributed by atoms with Gasteiger partial charge in [0.2, 0.25) is 0 Å². The van der Waals surface area contributed by atoms with Gasteiger partial charge in [-0.3, -0.25) is 0 Å². The fourth-order valence-electron chi connectivity index (χ4n) is 3.36. The molecule has 0 saturated carbocycles. The van der Waals surface area contributed by atoms with Crippen molar-refractivity contribution in [1.82, 2.24) is 25.0 Å². The molecular weight excluding hydrogens is 418 g/mol. The first-order valence-corrected chi connectivity index (χ1v) is 10.4. The summed E-state index contributed by atoms with van der Waals surface area (Å²) in [5, 5.41) is 16.1. The first-order valence-electron chi connectivity index (χ1n) is 9.18. The maximum atomic E-state index is 6.05. The molecule has 0 spiro atoms. The molecule has 0 unspecified atom stereocenters.